The number of benzene rings is 1. The Kier molecular flexibility index (Phi) is 3.49. The Morgan fingerprint density at radius 3 is 2.62 bits per heavy atom. The maximum absolute atomic E-state index is 13.3. The van der Waals surface area contributed by atoms with Crippen molar-refractivity contribution in [2.75, 3.05) is 26.7 Å². The van der Waals surface area contributed by atoms with E-state index in [1.54, 1.807) is 6.07 Å². The summed E-state index contributed by atoms with van der Waals surface area (Å²) >= 11 is 0. The zero-order valence-electron chi connectivity index (χ0n) is 12.1. The van der Waals surface area contributed by atoms with Gasteiger partial charge in [-0.25, -0.2) is 9.18 Å². The van der Waals surface area contributed by atoms with Gasteiger partial charge >= 0.3 is 6.03 Å². The monoisotopic (exact) mass is 293 g/mol. The first kappa shape index (κ1) is 14.1. The average Bonchev–Trinajstić information content (AvgIpc) is 2.70. The number of urea groups is 1. The van der Waals surface area contributed by atoms with Crippen LogP contribution in [0, 0.1) is 5.82 Å². The Balaban J connectivity index is 1.62. The molecule has 2 heterocycles. The Morgan fingerprint density at radius 1 is 1.33 bits per heavy atom. The third-order valence-electron chi connectivity index (χ3n) is 4.72. The van der Waals surface area contributed by atoms with Crippen LogP contribution in [0.15, 0.2) is 18.2 Å². The van der Waals surface area contributed by atoms with Gasteiger partial charge in [0.05, 0.1) is 5.54 Å². The van der Waals surface area contributed by atoms with E-state index >= 15 is 0 Å². The van der Waals surface area contributed by atoms with Gasteiger partial charge in [-0.15, -0.1) is 0 Å². The number of phenols is 1. The molecule has 2 aliphatic heterocycles. The molecule has 0 radical (unpaired) electrons. The summed E-state index contributed by atoms with van der Waals surface area (Å²) in [5, 5.41) is 12.3. The van der Waals surface area contributed by atoms with Crippen molar-refractivity contribution < 1.29 is 14.3 Å². The van der Waals surface area contributed by atoms with Gasteiger partial charge in [-0.2, -0.15) is 0 Å². The maximum atomic E-state index is 13.3. The van der Waals surface area contributed by atoms with Crippen LogP contribution in [0.2, 0.25) is 0 Å². The third-order valence-corrected chi connectivity index (χ3v) is 4.72. The Bertz CT molecular complexity index is 536. The van der Waals surface area contributed by atoms with E-state index in [0.717, 1.165) is 37.6 Å². The molecule has 3 rings (SSSR count). The van der Waals surface area contributed by atoms with Gasteiger partial charge in [0.25, 0.3) is 0 Å². The van der Waals surface area contributed by atoms with Crippen LogP contribution in [-0.4, -0.2) is 53.2 Å². The predicted octanol–water partition coefficient (Wildman–Crippen LogP) is 1.52. The number of piperidine rings is 1. The number of amides is 2. The summed E-state index contributed by atoms with van der Waals surface area (Å²) in [6.45, 7) is 3.04. The summed E-state index contributed by atoms with van der Waals surface area (Å²) < 4.78 is 13.3. The Morgan fingerprint density at radius 2 is 2.05 bits per heavy atom. The third kappa shape index (κ3) is 2.68. The Hall–Kier alpha value is -1.82. The predicted molar refractivity (Wildman–Crippen MR) is 76.5 cm³/mol. The first-order chi connectivity index (χ1) is 9.98. The van der Waals surface area contributed by atoms with Gasteiger partial charge in [0.15, 0.2) is 0 Å². The fourth-order valence-electron chi connectivity index (χ4n) is 3.32. The highest BCUT2D eigenvalue weighted by molar-refractivity contribution is 5.77. The number of aromatic hydroxyl groups is 1. The Labute approximate surface area is 123 Å². The van der Waals surface area contributed by atoms with E-state index in [9.17, 15) is 14.3 Å². The molecule has 1 aromatic rings. The highest BCUT2D eigenvalue weighted by Crippen LogP contribution is 2.31. The molecule has 6 heteroatoms. The van der Waals surface area contributed by atoms with E-state index in [-0.39, 0.29) is 17.3 Å². The summed E-state index contributed by atoms with van der Waals surface area (Å²) in [6, 6.07) is 4.16. The SMILES string of the molecule is CN1C(=O)NCC12CCN(Cc1cc(O)cc(F)c1)CC2. The van der Waals surface area contributed by atoms with Crippen LogP contribution in [0.4, 0.5) is 9.18 Å². The lowest BCUT2D eigenvalue weighted by Crippen LogP contribution is -2.52. The van der Waals surface area contributed by atoms with Gasteiger partial charge in [0.1, 0.15) is 11.6 Å². The minimum atomic E-state index is -0.413. The smallest absolute Gasteiger partial charge is 0.317 e. The second-order valence-corrected chi connectivity index (χ2v) is 6.04. The summed E-state index contributed by atoms with van der Waals surface area (Å²) in [5.41, 5.74) is 0.704. The molecule has 0 aliphatic carbocycles. The molecule has 2 N–H and O–H groups in total. The number of hydrogen-bond acceptors (Lipinski definition) is 3. The lowest BCUT2D eigenvalue weighted by molar-refractivity contribution is 0.0870. The number of nitrogens with one attached hydrogen (secondary N) is 1. The number of likely N-dealkylation sites (N-methyl/N-ethyl adjacent to an activating group) is 1. The molecule has 0 atom stereocenters. The van der Waals surface area contributed by atoms with Crippen molar-refractivity contribution in [3.05, 3.63) is 29.6 Å². The molecule has 5 nitrogen and oxygen atoms in total. The number of hydrogen-bond donors (Lipinski definition) is 2. The second kappa shape index (κ2) is 5.18. The number of carbonyl (C=O) groups is 1. The van der Waals surface area contributed by atoms with Crippen molar-refractivity contribution in [3.63, 3.8) is 0 Å². The number of rotatable bonds is 2. The largest absolute Gasteiger partial charge is 0.508 e. The lowest BCUT2D eigenvalue weighted by atomic mass is 9.87. The van der Waals surface area contributed by atoms with Crippen molar-refractivity contribution >= 4 is 6.03 Å². The molecule has 21 heavy (non-hydrogen) atoms. The van der Waals surface area contributed by atoms with Crippen molar-refractivity contribution in [1.29, 1.82) is 0 Å². The quantitative estimate of drug-likeness (QED) is 0.869. The molecule has 2 saturated heterocycles. The summed E-state index contributed by atoms with van der Waals surface area (Å²) in [5.74, 6) is -0.451. The minimum absolute atomic E-state index is 0.00139. The van der Waals surface area contributed by atoms with E-state index in [1.807, 2.05) is 11.9 Å². The molecule has 1 spiro atoms. The number of phenolic OH excluding ortho intramolecular Hbond substituents is 1. The molecule has 0 bridgehead atoms. The van der Waals surface area contributed by atoms with Crippen LogP contribution in [0.3, 0.4) is 0 Å². The van der Waals surface area contributed by atoms with E-state index in [2.05, 4.69) is 10.2 Å². The van der Waals surface area contributed by atoms with Crippen molar-refractivity contribution in [2.45, 2.75) is 24.9 Å². The van der Waals surface area contributed by atoms with Crippen molar-refractivity contribution in [1.82, 2.24) is 15.1 Å². The van der Waals surface area contributed by atoms with Gasteiger partial charge in [0, 0.05) is 39.3 Å². The van der Waals surface area contributed by atoms with Crippen LogP contribution < -0.4 is 5.32 Å². The fourth-order valence-corrected chi connectivity index (χ4v) is 3.32. The molecule has 2 aliphatic rings. The van der Waals surface area contributed by atoms with Crippen molar-refractivity contribution in [3.8, 4) is 5.75 Å². The highest BCUT2D eigenvalue weighted by atomic mass is 19.1. The highest BCUT2D eigenvalue weighted by Gasteiger charge is 2.44. The number of likely N-dealkylation sites (tertiary alicyclic amines) is 1. The first-order valence-electron chi connectivity index (χ1n) is 7.21. The molecule has 2 fully saturated rings. The zero-order chi connectivity index (χ0) is 15.0. The second-order valence-electron chi connectivity index (χ2n) is 6.04. The standard InChI is InChI=1S/C15H20FN3O2/c1-18-14(21)17-10-15(18)2-4-19(5-3-15)9-11-6-12(16)8-13(20)7-11/h6-8,20H,2-5,9-10H2,1H3,(H,17,21). The zero-order valence-corrected chi connectivity index (χ0v) is 12.1. The van der Waals surface area contributed by atoms with E-state index in [0.29, 0.717) is 13.1 Å². The normalized spacial score (nSPS) is 21.8. The van der Waals surface area contributed by atoms with Gasteiger partial charge in [-0.1, -0.05) is 0 Å². The van der Waals surface area contributed by atoms with E-state index in [4.69, 9.17) is 0 Å². The summed E-state index contributed by atoms with van der Waals surface area (Å²) in [6.07, 6.45) is 1.81. The molecule has 0 aromatic heterocycles. The molecule has 114 valence electrons. The number of carbonyl (C=O) groups excluding carboxylic acids is 1. The first-order valence-corrected chi connectivity index (χ1v) is 7.21. The average molecular weight is 293 g/mol. The minimum Gasteiger partial charge on any atom is -0.508 e. The van der Waals surface area contributed by atoms with Gasteiger partial charge in [0.2, 0.25) is 0 Å². The van der Waals surface area contributed by atoms with Crippen molar-refractivity contribution in [2.24, 2.45) is 0 Å². The van der Waals surface area contributed by atoms with Gasteiger partial charge in [-0.3, -0.25) is 4.90 Å². The number of nitrogens with zero attached hydrogens (tertiary/aromatic N) is 2. The van der Waals surface area contributed by atoms with Gasteiger partial charge < -0.3 is 15.3 Å². The molecular formula is C15H20FN3O2. The fraction of sp³-hybridized carbons (Fsp3) is 0.533. The maximum Gasteiger partial charge on any atom is 0.317 e. The van der Waals surface area contributed by atoms with E-state index in [1.165, 1.54) is 6.07 Å². The van der Waals surface area contributed by atoms with Crippen LogP contribution in [0.5, 0.6) is 5.75 Å². The topological polar surface area (TPSA) is 55.8 Å². The molecule has 0 unspecified atom stereocenters. The van der Waals surface area contributed by atoms with Gasteiger partial charge in [-0.05, 0) is 30.5 Å². The summed E-state index contributed by atoms with van der Waals surface area (Å²) in [4.78, 5) is 15.7. The number of halogens is 1. The molecule has 0 saturated carbocycles. The molecule has 2 amide bonds. The lowest BCUT2D eigenvalue weighted by Gasteiger charge is -2.42. The van der Waals surface area contributed by atoms with Crippen LogP contribution >= 0.6 is 0 Å². The van der Waals surface area contributed by atoms with E-state index < -0.39 is 5.82 Å². The van der Waals surface area contributed by atoms with Crippen LogP contribution in [0.25, 0.3) is 0 Å². The summed E-state index contributed by atoms with van der Waals surface area (Å²) in [7, 11) is 1.85. The van der Waals surface area contributed by atoms with Crippen LogP contribution in [0.1, 0.15) is 18.4 Å². The molecule has 1 aromatic carbocycles. The molecular weight excluding hydrogens is 273 g/mol. The van der Waals surface area contributed by atoms with Crippen LogP contribution in [-0.2, 0) is 6.54 Å².